The van der Waals surface area contributed by atoms with Crippen LogP contribution in [-0.2, 0) is 26.1 Å². The number of halogens is 1. The van der Waals surface area contributed by atoms with E-state index in [-0.39, 0.29) is 24.0 Å². The lowest BCUT2D eigenvalue weighted by Gasteiger charge is -2.23. The van der Waals surface area contributed by atoms with Crippen molar-refractivity contribution >= 4 is 15.9 Å². The molecule has 1 atom stereocenters. The SMILES string of the molecule is COC[C@H](C)NC(=O)CN(Cc1ccc(F)cc1)S(=O)(=O)c1ccc(C)cc1. The number of benzene rings is 2. The minimum absolute atomic E-state index is 0.0530. The van der Waals surface area contributed by atoms with Gasteiger partial charge in [-0.15, -0.1) is 0 Å². The highest BCUT2D eigenvalue weighted by molar-refractivity contribution is 7.89. The Morgan fingerprint density at radius 2 is 1.75 bits per heavy atom. The molecule has 0 fully saturated rings. The molecule has 0 aliphatic heterocycles. The molecule has 0 saturated carbocycles. The number of nitrogens with one attached hydrogen (secondary N) is 1. The summed E-state index contributed by atoms with van der Waals surface area (Å²) in [6, 6.07) is 11.7. The first-order valence-electron chi connectivity index (χ1n) is 8.82. The highest BCUT2D eigenvalue weighted by atomic mass is 32.2. The molecular formula is C20H25FN2O4S. The van der Waals surface area contributed by atoms with Crippen molar-refractivity contribution in [3.8, 4) is 0 Å². The van der Waals surface area contributed by atoms with Crippen molar-refractivity contribution in [2.24, 2.45) is 0 Å². The average Bonchev–Trinajstić information content (AvgIpc) is 2.63. The summed E-state index contributed by atoms with van der Waals surface area (Å²) in [5.41, 5.74) is 1.50. The van der Waals surface area contributed by atoms with Crippen LogP contribution in [0.15, 0.2) is 53.4 Å². The van der Waals surface area contributed by atoms with Crippen molar-refractivity contribution in [1.82, 2.24) is 9.62 Å². The number of methoxy groups -OCH3 is 1. The van der Waals surface area contributed by atoms with Gasteiger partial charge < -0.3 is 10.1 Å². The Morgan fingerprint density at radius 3 is 2.32 bits per heavy atom. The molecule has 0 aliphatic carbocycles. The third kappa shape index (κ3) is 6.12. The molecule has 0 spiro atoms. The summed E-state index contributed by atoms with van der Waals surface area (Å²) in [5.74, 6) is -0.856. The second-order valence-electron chi connectivity index (χ2n) is 6.64. The second kappa shape index (κ2) is 9.77. The number of aryl methyl sites for hydroxylation is 1. The third-order valence-corrected chi connectivity index (χ3v) is 5.88. The maximum Gasteiger partial charge on any atom is 0.243 e. The fourth-order valence-corrected chi connectivity index (χ4v) is 4.04. The number of carbonyl (C=O) groups is 1. The lowest BCUT2D eigenvalue weighted by Crippen LogP contribution is -2.44. The van der Waals surface area contributed by atoms with Crippen LogP contribution >= 0.6 is 0 Å². The Bertz CT molecular complexity index is 883. The van der Waals surface area contributed by atoms with Gasteiger partial charge >= 0.3 is 0 Å². The fraction of sp³-hybridized carbons (Fsp3) is 0.350. The number of carbonyl (C=O) groups excluding carboxylic acids is 1. The van der Waals surface area contributed by atoms with Crippen molar-refractivity contribution < 1.29 is 22.3 Å². The van der Waals surface area contributed by atoms with E-state index < -0.39 is 21.7 Å². The number of sulfonamides is 1. The number of ether oxygens (including phenoxy) is 1. The standard InChI is InChI=1S/C20H25FN2O4S/c1-15-4-10-19(11-5-15)28(25,26)23(12-17-6-8-18(21)9-7-17)13-20(24)22-16(2)14-27-3/h4-11,16H,12-14H2,1-3H3,(H,22,24)/t16-/m0/s1. The molecule has 0 aromatic heterocycles. The maximum absolute atomic E-state index is 13.2. The van der Waals surface area contributed by atoms with Gasteiger partial charge in [-0.25, -0.2) is 12.8 Å². The van der Waals surface area contributed by atoms with Crippen LogP contribution in [0.1, 0.15) is 18.1 Å². The minimum atomic E-state index is -3.92. The molecular weight excluding hydrogens is 383 g/mol. The predicted octanol–water partition coefficient (Wildman–Crippen LogP) is 2.48. The van der Waals surface area contributed by atoms with E-state index in [2.05, 4.69) is 5.32 Å². The number of nitrogens with zero attached hydrogens (tertiary/aromatic N) is 1. The molecule has 152 valence electrons. The monoisotopic (exact) mass is 408 g/mol. The van der Waals surface area contributed by atoms with Gasteiger partial charge in [0.15, 0.2) is 0 Å². The molecule has 0 aliphatic rings. The van der Waals surface area contributed by atoms with E-state index in [0.717, 1.165) is 9.87 Å². The first-order valence-corrected chi connectivity index (χ1v) is 10.3. The summed E-state index contributed by atoms with van der Waals surface area (Å²) >= 11 is 0. The summed E-state index contributed by atoms with van der Waals surface area (Å²) in [5, 5.41) is 2.71. The second-order valence-corrected chi connectivity index (χ2v) is 8.57. The van der Waals surface area contributed by atoms with E-state index in [1.54, 1.807) is 19.1 Å². The van der Waals surface area contributed by atoms with Crippen LogP contribution in [0.25, 0.3) is 0 Å². The lowest BCUT2D eigenvalue weighted by atomic mass is 10.2. The quantitative estimate of drug-likeness (QED) is 0.692. The van der Waals surface area contributed by atoms with Crippen LogP contribution in [0.3, 0.4) is 0 Å². The molecule has 0 heterocycles. The molecule has 0 bridgehead atoms. The molecule has 0 saturated heterocycles. The fourth-order valence-electron chi connectivity index (χ4n) is 2.65. The molecule has 8 heteroatoms. The van der Waals surface area contributed by atoms with Gasteiger partial charge in [0.2, 0.25) is 15.9 Å². The van der Waals surface area contributed by atoms with E-state index >= 15 is 0 Å². The van der Waals surface area contributed by atoms with E-state index in [1.807, 2.05) is 6.92 Å². The van der Waals surface area contributed by atoms with Crippen molar-refractivity contribution in [1.29, 1.82) is 0 Å². The molecule has 2 rings (SSSR count). The van der Waals surface area contributed by atoms with Crippen LogP contribution in [-0.4, -0.2) is 44.9 Å². The number of amides is 1. The largest absolute Gasteiger partial charge is 0.383 e. The highest BCUT2D eigenvalue weighted by Gasteiger charge is 2.27. The summed E-state index contributed by atoms with van der Waals surface area (Å²) in [6.45, 7) is 3.52. The maximum atomic E-state index is 13.2. The molecule has 0 unspecified atom stereocenters. The number of hydrogen-bond acceptors (Lipinski definition) is 4. The van der Waals surface area contributed by atoms with Crippen LogP contribution in [0.4, 0.5) is 4.39 Å². The van der Waals surface area contributed by atoms with Crippen LogP contribution in [0.5, 0.6) is 0 Å². The summed E-state index contributed by atoms with van der Waals surface area (Å²) in [7, 11) is -2.40. The van der Waals surface area contributed by atoms with Crippen molar-refractivity contribution in [2.75, 3.05) is 20.3 Å². The Kier molecular flexibility index (Phi) is 7.68. The smallest absolute Gasteiger partial charge is 0.243 e. The van der Waals surface area contributed by atoms with Crippen molar-refractivity contribution in [3.63, 3.8) is 0 Å². The Hall–Kier alpha value is -2.29. The summed E-state index contributed by atoms with van der Waals surface area (Å²) < 4.78 is 45.5. The molecule has 2 aromatic rings. The van der Waals surface area contributed by atoms with Gasteiger partial charge in [-0.05, 0) is 43.7 Å². The molecule has 2 aromatic carbocycles. The Balaban J connectivity index is 2.27. The zero-order valence-corrected chi connectivity index (χ0v) is 17.0. The molecule has 6 nitrogen and oxygen atoms in total. The molecule has 1 amide bonds. The number of hydrogen-bond donors (Lipinski definition) is 1. The van der Waals surface area contributed by atoms with Crippen LogP contribution in [0.2, 0.25) is 0 Å². The predicted molar refractivity (Wildman–Crippen MR) is 105 cm³/mol. The minimum Gasteiger partial charge on any atom is -0.383 e. The topological polar surface area (TPSA) is 75.7 Å². The van der Waals surface area contributed by atoms with E-state index in [9.17, 15) is 17.6 Å². The molecule has 0 radical (unpaired) electrons. The first kappa shape index (κ1) is 22.0. The van der Waals surface area contributed by atoms with E-state index in [0.29, 0.717) is 12.2 Å². The normalized spacial score (nSPS) is 12.8. The van der Waals surface area contributed by atoms with Crippen LogP contribution in [0, 0.1) is 12.7 Å². The first-order chi connectivity index (χ1) is 13.2. The number of rotatable bonds is 9. The van der Waals surface area contributed by atoms with Crippen molar-refractivity contribution in [3.05, 3.63) is 65.5 Å². The molecule has 1 N–H and O–H groups in total. The summed E-state index contributed by atoms with van der Waals surface area (Å²) in [6.07, 6.45) is 0. The average molecular weight is 408 g/mol. The highest BCUT2D eigenvalue weighted by Crippen LogP contribution is 2.19. The third-order valence-electron chi connectivity index (χ3n) is 4.07. The van der Waals surface area contributed by atoms with Gasteiger partial charge in [0.05, 0.1) is 18.0 Å². The van der Waals surface area contributed by atoms with Gasteiger partial charge in [-0.2, -0.15) is 4.31 Å². The Morgan fingerprint density at radius 1 is 1.14 bits per heavy atom. The zero-order valence-electron chi connectivity index (χ0n) is 16.2. The van der Waals surface area contributed by atoms with Gasteiger partial charge in [-0.3, -0.25) is 4.79 Å². The van der Waals surface area contributed by atoms with E-state index in [1.165, 1.54) is 43.5 Å². The lowest BCUT2D eigenvalue weighted by molar-refractivity contribution is -0.122. The van der Waals surface area contributed by atoms with Gasteiger partial charge in [-0.1, -0.05) is 29.8 Å². The molecule has 28 heavy (non-hydrogen) atoms. The zero-order chi connectivity index (χ0) is 20.7. The summed E-state index contributed by atoms with van der Waals surface area (Å²) in [4.78, 5) is 12.5. The Labute approximate surface area is 165 Å². The van der Waals surface area contributed by atoms with Crippen LogP contribution < -0.4 is 5.32 Å². The van der Waals surface area contributed by atoms with Gasteiger partial charge in [0.1, 0.15) is 5.82 Å². The van der Waals surface area contributed by atoms with Gasteiger partial charge in [0.25, 0.3) is 0 Å². The van der Waals surface area contributed by atoms with Gasteiger partial charge in [0, 0.05) is 19.7 Å². The van der Waals surface area contributed by atoms with Crippen molar-refractivity contribution in [2.45, 2.75) is 31.3 Å². The van der Waals surface area contributed by atoms with E-state index in [4.69, 9.17) is 4.74 Å².